The van der Waals surface area contributed by atoms with Crippen LogP contribution in [0.2, 0.25) is 0 Å². The molecule has 3 heterocycles. The first-order valence-corrected chi connectivity index (χ1v) is 7.81. The van der Waals surface area contributed by atoms with E-state index in [4.69, 9.17) is 8.94 Å². The third-order valence-electron chi connectivity index (χ3n) is 3.65. The first-order valence-electron chi connectivity index (χ1n) is 7.81. The Morgan fingerprint density at radius 2 is 2.12 bits per heavy atom. The van der Waals surface area contributed by atoms with Gasteiger partial charge in [-0.1, -0.05) is 28.6 Å². The number of furan rings is 1. The number of carbonyl (C=O) groups is 1. The molecule has 0 aliphatic heterocycles. The van der Waals surface area contributed by atoms with Gasteiger partial charge in [0.15, 0.2) is 11.5 Å². The second-order valence-electron chi connectivity index (χ2n) is 5.55. The van der Waals surface area contributed by atoms with E-state index in [9.17, 15) is 4.79 Å². The summed E-state index contributed by atoms with van der Waals surface area (Å²) in [4.78, 5) is 16.6. The smallest absolute Gasteiger partial charge is 0.277 e. The summed E-state index contributed by atoms with van der Waals surface area (Å²) in [5.41, 5.74) is 1.71. The number of rotatable bonds is 5. The lowest BCUT2D eigenvalue weighted by Crippen LogP contribution is -2.14. The van der Waals surface area contributed by atoms with Crippen LogP contribution in [0.3, 0.4) is 0 Å². The van der Waals surface area contributed by atoms with Gasteiger partial charge in [-0.05, 0) is 23.8 Å². The summed E-state index contributed by atoms with van der Waals surface area (Å²) in [6, 6.07) is 10.9. The first kappa shape index (κ1) is 15.8. The van der Waals surface area contributed by atoms with Crippen molar-refractivity contribution in [3.63, 3.8) is 0 Å². The zero-order chi connectivity index (χ0) is 17.9. The molecule has 1 aromatic carbocycles. The van der Waals surface area contributed by atoms with Gasteiger partial charge < -0.3 is 14.3 Å². The monoisotopic (exact) mass is 350 g/mol. The Bertz CT molecular complexity index is 1030. The van der Waals surface area contributed by atoms with Crippen LogP contribution in [-0.2, 0) is 13.5 Å². The fourth-order valence-corrected chi connectivity index (χ4v) is 2.43. The molecule has 0 bridgehead atoms. The van der Waals surface area contributed by atoms with Crippen molar-refractivity contribution < 1.29 is 13.7 Å². The van der Waals surface area contributed by atoms with Crippen LogP contribution in [0, 0.1) is 0 Å². The molecule has 4 aromatic rings. The minimum absolute atomic E-state index is 0.236. The number of benzene rings is 1. The third kappa shape index (κ3) is 3.22. The zero-order valence-corrected chi connectivity index (χ0v) is 13.8. The normalized spacial score (nSPS) is 10.8. The van der Waals surface area contributed by atoms with Crippen molar-refractivity contribution in [3.8, 4) is 11.6 Å². The summed E-state index contributed by atoms with van der Waals surface area (Å²) >= 11 is 0. The molecule has 0 spiro atoms. The largest absolute Gasteiger partial charge is 0.461 e. The van der Waals surface area contributed by atoms with Crippen LogP contribution >= 0.6 is 0 Å². The maximum Gasteiger partial charge on any atom is 0.277 e. The van der Waals surface area contributed by atoms with Crippen molar-refractivity contribution in [1.29, 1.82) is 0 Å². The average molecular weight is 350 g/mol. The second kappa shape index (κ2) is 6.63. The lowest BCUT2D eigenvalue weighted by atomic mass is 10.1. The molecule has 130 valence electrons. The quantitative estimate of drug-likeness (QED) is 0.587. The minimum Gasteiger partial charge on any atom is -0.461 e. The van der Waals surface area contributed by atoms with Crippen LogP contribution in [-0.4, -0.2) is 31.0 Å². The van der Waals surface area contributed by atoms with E-state index in [2.05, 4.69) is 25.8 Å². The average Bonchev–Trinajstić information content (AvgIpc) is 3.37. The molecule has 0 fully saturated rings. The van der Waals surface area contributed by atoms with E-state index < -0.39 is 0 Å². The number of carbonyl (C=O) groups excluding carboxylic acids is 1. The summed E-state index contributed by atoms with van der Waals surface area (Å²) in [6.07, 6.45) is 3.46. The van der Waals surface area contributed by atoms with Crippen LogP contribution in [0.5, 0.6) is 0 Å². The molecule has 1 amide bonds. The van der Waals surface area contributed by atoms with Crippen LogP contribution < -0.4 is 5.32 Å². The van der Waals surface area contributed by atoms with Gasteiger partial charge >= 0.3 is 0 Å². The van der Waals surface area contributed by atoms with Gasteiger partial charge in [0.05, 0.1) is 18.9 Å². The molecule has 0 atom stereocenters. The number of hydrogen-bond acceptors (Lipinski definition) is 7. The van der Waals surface area contributed by atoms with E-state index in [-0.39, 0.29) is 11.6 Å². The van der Waals surface area contributed by atoms with Gasteiger partial charge in [-0.25, -0.2) is 0 Å². The Morgan fingerprint density at radius 3 is 2.88 bits per heavy atom. The van der Waals surface area contributed by atoms with Crippen LogP contribution in [0.15, 0.2) is 57.8 Å². The first-order chi connectivity index (χ1) is 12.7. The molecule has 0 radical (unpaired) electrons. The number of aromatic nitrogens is 5. The van der Waals surface area contributed by atoms with Gasteiger partial charge in [0.25, 0.3) is 5.91 Å². The van der Waals surface area contributed by atoms with Gasteiger partial charge in [0.1, 0.15) is 0 Å². The molecular weight excluding hydrogens is 336 g/mol. The fraction of sp³-hybridized carbons (Fsp3) is 0.118. The third-order valence-corrected chi connectivity index (χ3v) is 3.65. The summed E-state index contributed by atoms with van der Waals surface area (Å²) in [7, 11) is 1.70. The number of para-hydroxylation sites is 1. The Morgan fingerprint density at radius 1 is 1.23 bits per heavy atom. The molecule has 4 rings (SSSR count). The highest BCUT2D eigenvalue weighted by Crippen LogP contribution is 2.21. The molecule has 0 aliphatic rings. The minimum atomic E-state index is -0.340. The van der Waals surface area contributed by atoms with E-state index in [1.165, 1.54) is 4.68 Å². The number of nitrogens with zero attached hydrogens (tertiary/aromatic N) is 5. The van der Waals surface area contributed by atoms with Gasteiger partial charge in [-0.3, -0.25) is 9.48 Å². The highest BCUT2D eigenvalue weighted by Gasteiger charge is 2.15. The summed E-state index contributed by atoms with van der Waals surface area (Å²) in [5, 5.41) is 14.3. The van der Waals surface area contributed by atoms with Gasteiger partial charge in [0, 0.05) is 12.7 Å². The molecule has 1 N–H and O–H groups in total. The van der Waals surface area contributed by atoms with E-state index >= 15 is 0 Å². The number of aryl methyl sites for hydroxylation is 1. The Kier molecular flexibility index (Phi) is 4.02. The SMILES string of the molecule is Cn1cc(C(=O)Nc2ccccc2Cc2nc(-c3ccco3)no2)nn1. The lowest BCUT2D eigenvalue weighted by Gasteiger charge is -2.08. The molecule has 0 saturated heterocycles. The molecule has 0 saturated carbocycles. The molecule has 3 aromatic heterocycles. The maximum absolute atomic E-state index is 12.3. The van der Waals surface area contributed by atoms with Crippen molar-refractivity contribution in [2.75, 3.05) is 5.32 Å². The Labute approximate surface area is 147 Å². The van der Waals surface area contributed by atoms with E-state index in [1.54, 1.807) is 37.7 Å². The zero-order valence-electron chi connectivity index (χ0n) is 13.8. The van der Waals surface area contributed by atoms with Crippen molar-refractivity contribution >= 4 is 11.6 Å². The summed E-state index contributed by atoms with van der Waals surface area (Å²) in [6.45, 7) is 0. The van der Waals surface area contributed by atoms with Crippen molar-refractivity contribution in [2.45, 2.75) is 6.42 Å². The topological polar surface area (TPSA) is 112 Å². The Balaban J connectivity index is 1.53. The summed E-state index contributed by atoms with van der Waals surface area (Å²) < 4.78 is 12.0. The second-order valence-corrected chi connectivity index (χ2v) is 5.55. The number of nitrogens with one attached hydrogen (secondary N) is 1. The highest BCUT2D eigenvalue weighted by molar-refractivity contribution is 6.03. The highest BCUT2D eigenvalue weighted by atomic mass is 16.5. The van der Waals surface area contributed by atoms with Crippen LogP contribution in [0.4, 0.5) is 5.69 Å². The standard InChI is InChI=1S/C17H14N6O3/c1-23-10-13(20-22-23)17(24)18-12-6-3-2-5-11(12)9-15-19-16(21-26-15)14-7-4-8-25-14/h2-8,10H,9H2,1H3,(H,18,24). The molecule has 0 aliphatic carbocycles. The van der Waals surface area contributed by atoms with Gasteiger partial charge in [-0.15, -0.1) is 5.10 Å². The lowest BCUT2D eigenvalue weighted by molar-refractivity contribution is 0.102. The number of anilines is 1. The molecule has 9 nitrogen and oxygen atoms in total. The van der Waals surface area contributed by atoms with E-state index in [0.717, 1.165) is 5.56 Å². The molecule has 26 heavy (non-hydrogen) atoms. The predicted molar refractivity (Wildman–Crippen MR) is 90.2 cm³/mol. The Hall–Kier alpha value is -3.75. The molecule has 9 heteroatoms. The predicted octanol–water partition coefficient (Wildman–Crippen LogP) is 2.30. The van der Waals surface area contributed by atoms with Gasteiger partial charge in [0.2, 0.25) is 11.7 Å². The van der Waals surface area contributed by atoms with Gasteiger partial charge in [-0.2, -0.15) is 4.98 Å². The number of hydrogen-bond donors (Lipinski definition) is 1. The maximum atomic E-state index is 12.3. The van der Waals surface area contributed by atoms with Crippen LogP contribution in [0.25, 0.3) is 11.6 Å². The molecule has 0 unspecified atom stereocenters. The van der Waals surface area contributed by atoms with Crippen molar-refractivity contribution in [1.82, 2.24) is 25.1 Å². The van der Waals surface area contributed by atoms with Crippen molar-refractivity contribution in [2.24, 2.45) is 7.05 Å². The number of amides is 1. The van der Waals surface area contributed by atoms with E-state index in [1.807, 2.05) is 18.2 Å². The van der Waals surface area contributed by atoms with Crippen LogP contribution in [0.1, 0.15) is 21.9 Å². The van der Waals surface area contributed by atoms with E-state index in [0.29, 0.717) is 29.6 Å². The fourth-order valence-electron chi connectivity index (χ4n) is 2.43. The molecular formula is C17H14N6O3. The van der Waals surface area contributed by atoms with Crippen molar-refractivity contribution in [3.05, 3.63) is 66.0 Å². The summed E-state index contributed by atoms with van der Waals surface area (Å²) in [5.74, 6) is 0.986.